The number of hydrogen-bond donors (Lipinski definition) is 4. The Bertz CT molecular complexity index is 5280. The Hall–Kier alpha value is -9.23. The van der Waals surface area contributed by atoms with Crippen molar-refractivity contribution in [3.8, 4) is 23.0 Å². The molecule has 0 radical (unpaired) electrons. The molecule has 13 rings (SSSR count). The molecular weight excluding hydrogens is 1660 g/mol. The molecule has 30 heteroatoms. The van der Waals surface area contributed by atoms with E-state index in [1.807, 2.05) is 161 Å². The first kappa shape index (κ1) is 95.0. The minimum absolute atomic E-state index is 0.0433. The van der Waals surface area contributed by atoms with Crippen molar-refractivity contribution in [3.63, 3.8) is 0 Å². The highest BCUT2D eigenvalue weighted by atomic mass is 32.2. The molecule has 3 aliphatic heterocycles. The summed E-state index contributed by atoms with van der Waals surface area (Å²) in [5, 5.41) is 6.21. The summed E-state index contributed by atoms with van der Waals surface area (Å²) >= 11 is 0.973. The number of allylic oxidation sites excluding steroid dienone is 6. The van der Waals surface area contributed by atoms with Crippen LogP contribution in [0, 0.1) is 35.5 Å². The maximum Gasteiger partial charge on any atom is 0.328 e. The van der Waals surface area contributed by atoms with Crippen LogP contribution in [0.15, 0.2) is 180 Å². The normalized spacial score (nSPS) is 19.2. The number of thioether (sulfide) groups is 1. The molecule has 3 unspecified atom stereocenters. The lowest BCUT2D eigenvalue weighted by Crippen LogP contribution is -2.41. The molecule has 6 aromatic rings. The molecule has 7 fully saturated rings. The van der Waals surface area contributed by atoms with E-state index in [-0.39, 0.29) is 123 Å². The number of piperidine rings is 2. The van der Waals surface area contributed by atoms with Crippen LogP contribution in [0.5, 0.6) is 23.0 Å². The second-order valence-electron chi connectivity index (χ2n) is 33.5. The maximum absolute atomic E-state index is 12.9. The molecule has 660 valence electrons. The highest BCUT2D eigenvalue weighted by molar-refractivity contribution is 8.15. The van der Waals surface area contributed by atoms with E-state index in [1.165, 1.54) is 68.2 Å². The third-order valence-electron chi connectivity index (χ3n) is 22.0. The summed E-state index contributed by atoms with van der Waals surface area (Å²) in [5.74, 6) is 4.17. The predicted octanol–water partition coefficient (Wildman–Crippen LogP) is 13.3. The van der Waals surface area contributed by atoms with Crippen molar-refractivity contribution in [2.45, 2.75) is 184 Å². The van der Waals surface area contributed by atoms with Crippen molar-refractivity contribution in [1.29, 1.82) is 0 Å². The van der Waals surface area contributed by atoms with Gasteiger partial charge >= 0.3 is 5.69 Å². The lowest BCUT2D eigenvalue weighted by Gasteiger charge is -2.21. The summed E-state index contributed by atoms with van der Waals surface area (Å²) in [4.78, 5) is 93.6. The highest BCUT2D eigenvalue weighted by Gasteiger charge is 2.33. The SMILES string of the molecule is C[C@@H](CS(=O)(=O)CC/C=C/CC1CCC(=O)NC1=O)c1cccc(OCC2CC2)c1.C[C@@H](CS(=O)(=O)CC/C=C/CC1SC(=O)NC1=O)c1cccc(OCC2CC2)c1.C[C@@H](CS(=O)(=O)CC/C=C/Cn1ccc(=O)[nH]c1=O)c1cccc(OCC2CC2)c1.C[C@@H](CS(=O)(=O)Cc1cccc(CC2CCC(=O)NC2=O)c1)c1cccc(OCC2CC2)c1. The number of carbonyl (C=O) groups is 6. The van der Waals surface area contributed by atoms with Gasteiger partial charge in [0.1, 0.15) is 23.0 Å². The number of hydrogen-bond acceptors (Lipinski definition) is 21. The van der Waals surface area contributed by atoms with Gasteiger partial charge in [-0.2, -0.15) is 0 Å². The van der Waals surface area contributed by atoms with Crippen molar-refractivity contribution < 1.29 is 81.4 Å². The molecular formula is C92H117N5O20S5. The van der Waals surface area contributed by atoms with Gasteiger partial charge < -0.3 is 18.9 Å². The van der Waals surface area contributed by atoms with Gasteiger partial charge in [-0.25, -0.2) is 38.5 Å². The Morgan fingerprint density at radius 1 is 0.410 bits per heavy atom. The molecule has 6 amide bonds. The molecule has 0 bridgehead atoms. The summed E-state index contributed by atoms with van der Waals surface area (Å²) < 4.78 is 125. The van der Waals surface area contributed by atoms with Crippen molar-refractivity contribution >= 4 is 85.9 Å². The number of benzene rings is 5. The van der Waals surface area contributed by atoms with Crippen LogP contribution in [0.3, 0.4) is 0 Å². The molecule has 7 atom stereocenters. The number of imide groups is 3. The molecule has 1 aromatic heterocycles. The fraction of sp³-hybridized carbons (Fsp3) is 0.500. The monoisotopic (exact) mass is 1770 g/mol. The summed E-state index contributed by atoms with van der Waals surface area (Å²) in [6, 6.07) is 39.5. The number of aromatic nitrogens is 2. The number of aromatic amines is 1. The van der Waals surface area contributed by atoms with Crippen molar-refractivity contribution in [2.24, 2.45) is 35.5 Å². The molecule has 3 saturated heterocycles. The average Bonchev–Trinajstić information content (AvgIpc) is 1.25. The molecule has 4 aliphatic carbocycles. The van der Waals surface area contributed by atoms with Gasteiger partial charge in [-0.1, -0.05) is 149 Å². The largest absolute Gasteiger partial charge is 0.493 e. The van der Waals surface area contributed by atoms with Crippen LogP contribution in [0.4, 0.5) is 4.79 Å². The van der Waals surface area contributed by atoms with Crippen LogP contribution in [0.2, 0.25) is 0 Å². The van der Waals surface area contributed by atoms with E-state index in [2.05, 4.69) is 20.9 Å². The Labute approximate surface area is 721 Å². The van der Waals surface area contributed by atoms with Gasteiger partial charge in [0.15, 0.2) is 39.3 Å². The lowest BCUT2D eigenvalue weighted by atomic mass is 9.91. The van der Waals surface area contributed by atoms with E-state index in [9.17, 15) is 72.0 Å². The Balaban J connectivity index is 0.000000171. The first-order valence-electron chi connectivity index (χ1n) is 42.5. The second kappa shape index (κ2) is 45.9. The van der Waals surface area contributed by atoms with E-state index in [4.69, 9.17) is 18.9 Å². The van der Waals surface area contributed by atoms with Crippen LogP contribution in [-0.4, -0.2) is 150 Å². The standard InChI is InChI=1S/C26H31NO5S.C23H31NO5S.C22H28N2O5S.C21H27NO5S2/c1-18(22-6-3-7-24(14-22)32-15-19-8-9-19)16-33(30,31)17-21-5-2-4-20(12-21)13-23-10-11-25(28)27-26(23)29;1-17(20-7-5-8-21(14-20)29-15-18-9-10-18)16-30(27,28)13-4-2-3-6-19-11-12-22(25)24-23(19)26;1-17(19-6-5-7-20(14-19)29-15-18-8-9-18)16-30(27,28)13-4-2-3-11-24-12-10-21(25)23-22(24)26;1-15(17-6-5-7-18(12-17)27-13-16-9-10-16)14-29(25,26)11-4-2-3-8-19-20(23)22-21(24)28-19/h2-7,12,14,18-19,23H,8-11,13,15-17H2,1H3,(H,27,28,29);2-3,5,7-8,14,17-19H,4,6,9-13,15-16H2,1H3,(H,24,25,26);2-3,5-7,10,12,14,17-18H,4,8-9,11,13,15-16H2,1H3,(H,23,25,26);2-3,5-7,12,15-16,19H,4,8-11,13-14H2,1H3,(H,22,23,24)/b;3*3-2+/t18-,23?;17-,19?;17-;15-,19?/m0000/s1. The Kier molecular flexibility index (Phi) is 35.8. The number of sulfone groups is 4. The fourth-order valence-electron chi connectivity index (χ4n) is 14.0. The predicted molar refractivity (Wildman–Crippen MR) is 474 cm³/mol. The van der Waals surface area contributed by atoms with Crippen LogP contribution in [-0.2, 0) is 82.0 Å². The first-order chi connectivity index (χ1) is 58.2. The topological polar surface area (TPSA) is 367 Å². The summed E-state index contributed by atoms with van der Waals surface area (Å²) in [7, 11) is -13.0. The van der Waals surface area contributed by atoms with E-state index in [0.29, 0.717) is 93.4 Å². The molecule has 25 nitrogen and oxygen atoms in total. The van der Waals surface area contributed by atoms with Gasteiger partial charge in [-0.05, 0) is 232 Å². The van der Waals surface area contributed by atoms with E-state index >= 15 is 0 Å². The maximum atomic E-state index is 12.9. The fourth-order valence-corrected chi connectivity index (χ4v) is 21.4. The van der Waals surface area contributed by atoms with Crippen molar-refractivity contribution in [3.05, 3.63) is 224 Å². The number of rotatable bonds is 43. The van der Waals surface area contributed by atoms with Gasteiger partial charge in [-0.15, -0.1) is 0 Å². The highest BCUT2D eigenvalue weighted by Crippen LogP contribution is 2.35. The van der Waals surface area contributed by atoms with Gasteiger partial charge in [0, 0.05) is 43.5 Å². The zero-order chi connectivity index (χ0) is 87.4. The van der Waals surface area contributed by atoms with Crippen LogP contribution >= 0.6 is 11.8 Å². The zero-order valence-electron chi connectivity index (χ0n) is 70.1. The van der Waals surface area contributed by atoms with Gasteiger partial charge in [-0.3, -0.25) is 59.1 Å². The molecule has 4 heterocycles. The molecule has 4 N–H and O–H groups in total. The third kappa shape index (κ3) is 34.8. The molecule has 122 heavy (non-hydrogen) atoms. The smallest absolute Gasteiger partial charge is 0.328 e. The lowest BCUT2D eigenvalue weighted by molar-refractivity contribution is -0.137. The van der Waals surface area contributed by atoms with Gasteiger partial charge in [0.25, 0.3) is 10.8 Å². The van der Waals surface area contributed by atoms with E-state index in [1.54, 1.807) is 24.3 Å². The van der Waals surface area contributed by atoms with Crippen molar-refractivity contribution in [2.75, 3.05) is 66.7 Å². The quantitative estimate of drug-likeness (QED) is 0.0204. The first-order valence-corrected chi connectivity index (χ1v) is 50.6. The van der Waals surface area contributed by atoms with Crippen LogP contribution in [0.1, 0.15) is 194 Å². The number of carbonyl (C=O) groups excluding carboxylic acids is 6. The van der Waals surface area contributed by atoms with Crippen LogP contribution < -0.4 is 46.1 Å². The van der Waals surface area contributed by atoms with E-state index < -0.39 is 55.8 Å². The molecule has 5 aromatic carbocycles. The Morgan fingerprint density at radius 2 is 0.787 bits per heavy atom. The number of ether oxygens (including phenoxy) is 4. The number of amides is 6. The number of nitrogens with one attached hydrogen (secondary N) is 4. The molecule has 7 aliphatic rings. The van der Waals surface area contributed by atoms with Crippen LogP contribution in [0.25, 0.3) is 0 Å². The minimum atomic E-state index is -3.34. The summed E-state index contributed by atoms with van der Waals surface area (Å²) in [5.41, 5.74) is 4.54. The van der Waals surface area contributed by atoms with Gasteiger partial charge in [0.2, 0.25) is 29.5 Å². The summed E-state index contributed by atoms with van der Waals surface area (Å²) in [6.45, 7) is 10.9. The number of nitrogens with zero attached hydrogens (tertiary/aromatic N) is 1. The Morgan fingerprint density at radius 3 is 1.17 bits per heavy atom. The summed E-state index contributed by atoms with van der Waals surface area (Å²) in [6.07, 6.45) is 26.3. The van der Waals surface area contributed by atoms with Gasteiger partial charge in [0.05, 0.1) is 77.7 Å². The average molecular weight is 1770 g/mol. The van der Waals surface area contributed by atoms with E-state index in [0.717, 1.165) is 89.0 Å². The minimum Gasteiger partial charge on any atom is -0.493 e. The van der Waals surface area contributed by atoms with Crippen molar-refractivity contribution in [1.82, 2.24) is 25.5 Å². The molecule has 4 saturated carbocycles. The second-order valence-corrected chi connectivity index (χ2v) is 43.5. The third-order valence-corrected chi connectivity index (χ3v) is 30.4. The molecule has 0 spiro atoms. The zero-order valence-corrected chi connectivity index (χ0v) is 74.2. The number of H-pyrrole nitrogens is 1.